The molecular weight excluding hydrogens is 246 g/mol. The topological polar surface area (TPSA) is 96.7 Å². The number of H-pyrrole nitrogens is 1. The third-order valence-corrected chi connectivity index (χ3v) is 2.62. The molecule has 7 heteroatoms. The van der Waals surface area contributed by atoms with Gasteiger partial charge < -0.3 is 4.52 Å². The number of carbonyl (C=O) groups is 1. The Kier molecular flexibility index (Phi) is 3.64. The lowest BCUT2D eigenvalue weighted by Crippen LogP contribution is -2.14. The molecule has 0 aromatic carbocycles. The molecule has 0 atom stereocenters. The van der Waals surface area contributed by atoms with Crippen molar-refractivity contribution in [1.82, 2.24) is 20.3 Å². The molecule has 0 aliphatic heterocycles. The van der Waals surface area contributed by atoms with Crippen LogP contribution in [0.1, 0.15) is 41.5 Å². The highest BCUT2D eigenvalue weighted by Crippen LogP contribution is 2.14. The van der Waals surface area contributed by atoms with Crippen LogP contribution in [0.3, 0.4) is 0 Å². The monoisotopic (exact) mass is 263 g/mol. The van der Waals surface area contributed by atoms with E-state index in [1.807, 2.05) is 0 Å². The van der Waals surface area contributed by atoms with Gasteiger partial charge in [0.25, 0.3) is 5.91 Å². The normalized spacial score (nSPS) is 11.0. The average molecular weight is 263 g/mol. The Morgan fingerprint density at radius 3 is 2.74 bits per heavy atom. The summed E-state index contributed by atoms with van der Waals surface area (Å²) in [4.78, 5) is 16.3. The van der Waals surface area contributed by atoms with E-state index >= 15 is 0 Å². The van der Waals surface area contributed by atoms with E-state index in [0.29, 0.717) is 22.9 Å². The number of nitrogens with one attached hydrogen (secondary N) is 2. The van der Waals surface area contributed by atoms with Gasteiger partial charge in [0, 0.05) is 6.42 Å². The van der Waals surface area contributed by atoms with Gasteiger partial charge in [-0.25, -0.2) is 0 Å². The number of aromatic amines is 1. The molecule has 2 heterocycles. The van der Waals surface area contributed by atoms with Crippen LogP contribution in [0.2, 0.25) is 0 Å². The summed E-state index contributed by atoms with van der Waals surface area (Å²) in [6.07, 6.45) is 0.786. The van der Waals surface area contributed by atoms with E-state index in [9.17, 15) is 4.79 Å². The smallest absolute Gasteiger partial charge is 0.263 e. The molecule has 2 N–H and O–H groups in total. The Morgan fingerprint density at radius 2 is 2.16 bits per heavy atom. The summed E-state index contributed by atoms with van der Waals surface area (Å²) in [6, 6.07) is 0. The third kappa shape index (κ3) is 2.98. The van der Waals surface area contributed by atoms with E-state index in [-0.39, 0.29) is 11.9 Å². The zero-order valence-electron chi connectivity index (χ0n) is 11.4. The summed E-state index contributed by atoms with van der Waals surface area (Å²) in [7, 11) is 0. The second kappa shape index (κ2) is 5.21. The zero-order chi connectivity index (χ0) is 14.0. The first kappa shape index (κ1) is 13.3. The molecule has 2 rings (SSSR count). The molecular formula is C12H17N5O2. The highest BCUT2D eigenvalue weighted by atomic mass is 16.5. The number of aryl methyl sites for hydroxylation is 2. The zero-order valence-corrected chi connectivity index (χ0v) is 11.4. The Hall–Kier alpha value is -2.18. The van der Waals surface area contributed by atoms with Gasteiger partial charge in [-0.15, -0.1) is 5.10 Å². The molecule has 0 spiro atoms. The number of aromatic nitrogens is 4. The van der Waals surface area contributed by atoms with Crippen LogP contribution >= 0.6 is 0 Å². The molecule has 0 fully saturated rings. The predicted molar refractivity (Wildman–Crippen MR) is 68.9 cm³/mol. The van der Waals surface area contributed by atoms with Crippen LogP contribution in [0.5, 0.6) is 0 Å². The van der Waals surface area contributed by atoms with Gasteiger partial charge >= 0.3 is 0 Å². The Labute approximate surface area is 110 Å². The maximum atomic E-state index is 12.0. The maximum Gasteiger partial charge on any atom is 0.263 e. The SMILES string of the molecule is Cc1noc(C)c1C(=O)Nc1n[nH]c(CC(C)C)n1. The van der Waals surface area contributed by atoms with Gasteiger partial charge in [-0.05, 0) is 19.8 Å². The van der Waals surface area contributed by atoms with Crippen LogP contribution in [-0.2, 0) is 6.42 Å². The van der Waals surface area contributed by atoms with Crippen molar-refractivity contribution in [3.05, 3.63) is 22.8 Å². The molecule has 0 aliphatic carbocycles. The van der Waals surface area contributed by atoms with Crippen molar-refractivity contribution in [2.45, 2.75) is 34.1 Å². The number of rotatable bonds is 4. The molecule has 0 unspecified atom stereocenters. The number of nitrogens with zero attached hydrogens (tertiary/aromatic N) is 3. The Bertz CT molecular complexity index is 565. The van der Waals surface area contributed by atoms with Gasteiger partial charge in [-0.2, -0.15) is 4.98 Å². The summed E-state index contributed by atoms with van der Waals surface area (Å²) in [5.74, 6) is 1.66. The van der Waals surface area contributed by atoms with Crippen molar-refractivity contribution in [3.63, 3.8) is 0 Å². The number of hydrogen-bond acceptors (Lipinski definition) is 5. The fourth-order valence-electron chi connectivity index (χ4n) is 1.80. The lowest BCUT2D eigenvalue weighted by molar-refractivity contribution is 0.102. The number of amides is 1. The van der Waals surface area contributed by atoms with Crippen molar-refractivity contribution >= 4 is 11.9 Å². The van der Waals surface area contributed by atoms with E-state index in [4.69, 9.17) is 4.52 Å². The summed E-state index contributed by atoms with van der Waals surface area (Å²) in [5, 5.41) is 13.1. The largest absolute Gasteiger partial charge is 0.361 e. The van der Waals surface area contributed by atoms with Gasteiger partial charge in [-0.3, -0.25) is 15.2 Å². The summed E-state index contributed by atoms with van der Waals surface area (Å²) in [6.45, 7) is 7.58. The third-order valence-electron chi connectivity index (χ3n) is 2.62. The molecule has 102 valence electrons. The molecule has 2 aromatic rings. The fraction of sp³-hybridized carbons (Fsp3) is 0.500. The van der Waals surface area contributed by atoms with Gasteiger partial charge in [0.05, 0.1) is 5.69 Å². The molecule has 2 aromatic heterocycles. The fourth-order valence-corrected chi connectivity index (χ4v) is 1.80. The van der Waals surface area contributed by atoms with Crippen molar-refractivity contribution in [2.24, 2.45) is 5.92 Å². The first-order valence-electron chi connectivity index (χ1n) is 6.13. The second-order valence-electron chi connectivity index (χ2n) is 4.86. The van der Waals surface area contributed by atoms with E-state index in [1.54, 1.807) is 13.8 Å². The quantitative estimate of drug-likeness (QED) is 0.877. The molecule has 7 nitrogen and oxygen atoms in total. The molecule has 0 saturated heterocycles. The highest BCUT2D eigenvalue weighted by Gasteiger charge is 2.19. The number of carbonyl (C=O) groups excluding carboxylic acids is 1. The highest BCUT2D eigenvalue weighted by molar-refractivity contribution is 6.04. The molecule has 0 radical (unpaired) electrons. The standard InChI is InChI=1S/C12H17N5O2/c1-6(2)5-9-13-12(16-15-9)14-11(18)10-7(3)17-19-8(10)4/h6H,5H2,1-4H3,(H2,13,14,15,16,18). The molecule has 0 aliphatic rings. The van der Waals surface area contributed by atoms with E-state index in [0.717, 1.165) is 12.2 Å². The minimum Gasteiger partial charge on any atom is -0.361 e. The van der Waals surface area contributed by atoms with Crippen LogP contribution in [-0.4, -0.2) is 26.2 Å². The van der Waals surface area contributed by atoms with Crippen molar-refractivity contribution in [3.8, 4) is 0 Å². The van der Waals surface area contributed by atoms with E-state index < -0.39 is 0 Å². The number of hydrogen-bond donors (Lipinski definition) is 2. The van der Waals surface area contributed by atoms with Gasteiger partial charge in [0.15, 0.2) is 0 Å². The Balaban J connectivity index is 2.09. The summed E-state index contributed by atoms with van der Waals surface area (Å²) < 4.78 is 4.95. The molecule has 1 amide bonds. The van der Waals surface area contributed by atoms with Crippen LogP contribution in [0.4, 0.5) is 5.95 Å². The Morgan fingerprint density at radius 1 is 1.42 bits per heavy atom. The van der Waals surface area contributed by atoms with Crippen LogP contribution in [0.15, 0.2) is 4.52 Å². The summed E-state index contributed by atoms with van der Waals surface area (Å²) in [5.41, 5.74) is 0.975. The number of anilines is 1. The molecule has 0 saturated carbocycles. The average Bonchev–Trinajstić information content (AvgIpc) is 2.85. The minimum atomic E-state index is -0.314. The summed E-state index contributed by atoms with van der Waals surface area (Å²) >= 11 is 0. The van der Waals surface area contributed by atoms with Crippen molar-refractivity contribution < 1.29 is 9.32 Å². The second-order valence-corrected chi connectivity index (χ2v) is 4.86. The van der Waals surface area contributed by atoms with Gasteiger partial charge in [0.2, 0.25) is 5.95 Å². The lowest BCUT2D eigenvalue weighted by atomic mass is 10.1. The molecule has 19 heavy (non-hydrogen) atoms. The lowest BCUT2D eigenvalue weighted by Gasteiger charge is -1.99. The van der Waals surface area contributed by atoms with Gasteiger partial charge in [0.1, 0.15) is 17.1 Å². The molecule has 0 bridgehead atoms. The van der Waals surface area contributed by atoms with Crippen molar-refractivity contribution in [2.75, 3.05) is 5.32 Å². The minimum absolute atomic E-state index is 0.264. The van der Waals surface area contributed by atoms with Crippen molar-refractivity contribution in [1.29, 1.82) is 0 Å². The predicted octanol–water partition coefficient (Wildman–Crippen LogP) is 1.86. The van der Waals surface area contributed by atoms with Crippen LogP contribution < -0.4 is 5.32 Å². The maximum absolute atomic E-state index is 12.0. The van der Waals surface area contributed by atoms with Crippen LogP contribution in [0.25, 0.3) is 0 Å². The van der Waals surface area contributed by atoms with E-state index in [1.165, 1.54) is 0 Å². The van der Waals surface area contributed by atoms with Crippen LogP contribution in [0, 0.1) is 19.8 Å². The van der Waals surface area contributed by atoms with E-state index in [2.05, 4.69) is 39.5 Å². The first-order chi connectivity index (χ1) is 8.97. The first-order valence-corrected chi connectivity index (χ1v) is 6.13. The van der Waals surface area contributed by atoms with Gasteiger partial charge in [-0.1, -0.05) is 19.0 Å².